The highest BCUT2D eigenvalue weighted by atomic mass is 19.4. The molecule has 1 aromatic rings. The number of hydrogen-bond acceptors (Lipinski definition) is 6. The number of nitrogens with zero attached hydrogens (tertiary/aromatic N) is 1. The van der Waals surface area contributed by atoms with Crippen molar-refractivity contribution in [3.8, 4) is 17.4 Å². The molecule has 0 saturated heterocycles. The maximum Gasteiger partial charge on any atom is 0.574 e. The second kappa shape index (κ2) is 4.98. The van der Waals surface area contributed by atoms with Crippen LogP contribution in [0.1, 0.15) is 10.4 Å². The molecule has 0 bridgehead atoms. The smallest absolute Gasteiger partial charge is 0.501 e. The van der Waals surface area contributed by atoms with Gasteiger partial charge in [-0.2, -0.15) is 0 Å². The maximum absolute atomic E-state index is 12.0. The van der Waals surface area contributed by atoms with E-state index >= 15 is 0 Å². The van der Waals surface area contributed by atoms with E-state index in [1.54, 1.807) is 0 Å². The molecule has 0 spiro atoms. The van der Waals surface area contributed by atoms with Gasteiger partial charge in [-0.1, -0.05) is 0 Å². The second-order valence-corrected chi connectivity index (χ2v) is 2.90. The Kier molecular flexibility index (Phi) is 3.84. The summed E-state index contributed by atoms with van der Waals surface area (Å²) in [5.74, 6) is -3.60. The zero-order chi connectivity index (χ0) is 13.9. The van der Waals surface area contributed by atoms with Crippen molar-refractivity contribution >= 4 is 5.97 Å². The molecule has 1 rings (SSSR count). The third-order valence-electron chi connectivity index (χ3n) is 1.80. The normalized spacial score (nSPS) is 10.9. The fraction of sp³-hybridized carbons (Fsp3) is 0.333. The van der Waals surface area contributed by atoms with Gasteiger partial charge in [0, 0.05) is 6.20 Å². The Labute approximate surface area is 98.9 Å². The number of methoxy groups -OCH3 is 2. The van der Waals surface area contributed by atoms with Crippen LogP contribution in [-0.4, -0.2) is 36.6 Å². The van der Waals surface area contributed by atoms with E-state index in [-0.39, 0.29) is 5.56 Å². The summed E-state index contributed by atoms with van der Waals surface area (Å²) in [6, 6.07) is 0. The number of aromatic hydroxyl groups is 1. The quantitative estimate of drug-likeness (QED) is 0.836. The van der Waals surface area contributed by atoms with Crippen LogP contribution >= 0.6 is 0 Å². The number of carbonyl (C=O) groups is 1. The van der Waals surface area contributed by atoms with E-state index in [4.69, 9.17) is 0 Å². The number of rotatable bonds is 3. The van der Waals surface area contributed by atoms with E-state index < -0.39 is 29.7 Å². The molecule has 0 amide bonds. The molecule has 1 N–H and O–H groups in total. The average molecular weight is 267 g/mol. The van der Waals surface area contributed by atoms with Gasteiger partial charge >= 0.3 is 12.3 Å². The fourth-order valence-corrected chi connectivity index (χ4v) is 1.11. The number of ether oxygens (including phenoxy) is 3. The van der Waals surface area contributed by atoms with Crippen molar-refractivity contribution in [1.82, 2.24) is 4.98 Å². The van der Waals surface area contributed by atoms with Gasteiger partial charge in [0.1, 0.15) is 5.56 Å². The number of alkyl halides is 3. The Hall–Kier alpha value is -2.19. The van der Waals surface area contributed by atoms with Crippen LogP contribution in [0.2, 0.25) is 0 Å². The molecule has 0 aliphatic rings. The standard InChI is InChI=1S/C9H8F3NO5/c1-16-6-4(8(15)17-2)3-13-7(5(6)14)18-9(10,11)12/h3,14H,1-2H3. The predicted octanol–water partition coefficient (Wildman–Crippen LogP) is 1.48. The van der Waals surface area contributed by atoms with Crippen molar-refractivity contribution in [3.05, 3.63) is 11.8 Å². The van der Waals surface area contributed by atoms with E-state index in [0.29, 0.717) is 0 Å². The molecule has 1 aromatic heterocycles. The minimum atomic E-state index is -5.03. The van der Waals surface area contributed by atoms with Gasteiger partial charge in [0.2, 0.25) is 5.75 Å². The number of hydrogen-bond donors (Lipinski definition) is 1. The van der Waals surface area contributed by atoms with Crippen molar-refractivity contribution in [1.29, 1.82) is 0 Å². The minimum absolute atomic E-state index is 0.327. The van der Waals surface area contributed by atoms with E-state index in [0.717, 1.165) is 20.4 Å². The Morgan fingerprint density at radius 2 is 2.00 bits per heavy atom. The first-order chi connectivity index (χ1) is 8.30. The van der Waals surface area contributed by atoms with Crippen LogP contribution in [0.5, 0.6) is 17.4 Å². The number of aromatic nitrogens is 1. The van der Waals surface area contributed by atoms with Crippen molar-refractivity contribution < 1.29 is 37.3 Å². The summed E-state index contributed by atoms with van der Waals surface area (Å²) < 4.78 is 48.3. The van der Waals surface area contributed by atoms with E-state index in [2.05, 4.69) is 19.2 Å². The number of pyridine rings is 1. The van der Waals surface area contributed by atoms with Gasteiger partial charge in [-0.25, -0.2) is 9.78 Å². The van der Waals surface area contributed by atoms with Crippen LogP contribution in [0, 0.1) is 0 Å². The van der Waals surface area contributed by atoms with Crippen LogP contribution in [0.15, 0.2) is 6.20 Å². The summed E-state index contributed by atoms with van der Waals surface area (Å²) >= 11 is 0. The van der Waals surface area contributed by atoms with Gasteiger partial charge in [0.15, 0.2) is 5.75 Å². The van der Waals surface area contributed by atoms with Gasteiger partial charge in [-0.3, -0.25) is 0 Å². The van der Waals surface area contributed by atoms with Crippen LogP contribution in [0.3, 0.4) is 0 Å². The van der Waals surface area contributed by atoms with Crippen LogP contribution in [0.4, 0.5) is 13.2 Å². The molecule has 0 radical (unpaired) electrons. The second-order valence-electron chi connectivity index (χ2n) is 2.90. The fourth-order valence-electron chi connectivity index (χ4n) is 1.11. The Balaban J connectivity index is 3.24. The summed E-state index contributed by atoms with van der Waals surface area (Å²) in [5, 5.41) is 9.46. The largest absolute Gasteiger partial charge is 0.574 e. The van der Waals surface area contributed by atoms with Crippen molar-refractivity contribution in [2.24, 2.45) is 0 Å². The van der Waals surface area contributed by atoms with Gasteiger partial charge in [-0.15, -0.1) is 13.2 Å². The van der Waals surface area contributed by atoms with Gasteiger partial charge in [0.25, 0.3) is 5.88 Å². The van der Waals surface area contributed by atoms with Gasteiger partial charge < -0.3 is 19.3 Å². The van der Waals surface area contributed by atoms with Crippen LogP contribution in [-0.2, 0) is 4.74 Å². The Bertz CT molecular complexity index is 460. The lowest BCUT2D eigenvalue weighted by atomic mass is 10.2. The summed E-state index contributed by atoms with van der Waals surface area (Å²) in [6.07, 6.45) is -4.28. The topological polar surface area (TPSA) is 77.9 Å². The summed E-state index contributed by atoms with van der Waals surface area (Å²) in [5.41, 5.74) is -0.327. The first kappa shape index (κ1) is 13.9. The maximum atomic E-state index is 12.0. The summed E-state index contributed by atoms with van der Waals surface area (Å²) in [6.45, 7) is 0. The average Bonchev–Trinajstić information content (AvgIpc) is 2.28. The van der Waals surface area contributed by atoms with E-state index in [1.807, 2.05) is 0 Å². The molecule has 0 aliphatic carbocycles. The molecule has 18 heavy (non-hydrogen) atoms. The molecule has 1 heterocycles. The number of esters is 1. The number of halogens is 3. The van der Waals surface area contributed by atoms with Crippen molar-refractivity contribution in [3.63, 3.8) is 0 Å². The SMILES string of the molecule is COC(=O)c1cnc(OC(F)(F)F)c(O)c1OC. The Morgan fingerprint density at radius 1 is 1.39 bits per heavy atom. The Morgan fingerprint density at radius 3 is 2.44 bits per heavy atom. The lowest BCUT2D eigenvalue weighted by Gasteiger charge is -2.13. The molecule has 0 aromatic carbocycles. The number of carbonyl (C=O) groups excluding carboxylic acids is 1. The third kappa shape index (κ3) is 2.93. The molecule has 0 aliphatic heterocycles. The third-order valence-corrected chi connectivity index (χ3v) is 1.80. The first-order valence-electron chi connectivity index (χ1n) is 4.40. The molecule has 6 nitrogen and oxygen atoms in total. The summed E-state index contributed by atoms with van der Waals surface area (Å²) in [7, 11) is 2.11. The van der Waals surface area contributed by atoms with Crippen molar-refractivity contribution in [2.75, 3.05) is 14.2 Å². The predicted molar refractivity (Wildman–Crippen MR) is 50.5 cm³/mol. The zero-order valence-electron chi connectivity index (χ0n) is 9.24. The molecule has 0 unspecified atom stereocenters. The zero-order valence-corrected chi connectivity index (χ0v) is 9.24. The van der Waals surface area contributed by atoms with E-state index in [9.17, 15) is 23.1 Å². The molecule has 9 heteroatoms. The van der Waals surface area contributed by atoms with Crippen LogP contribution < -0.4 is 9.47 Å². The lowest BCUT2D eigenvalue weighted by Crippen LogP contribution is -2.18. The highest BCUT2D eigenvalue weighted by Crippen LogP contribution is 2.39. The lowest BCUT2D eigenvalue weighted by molar-refractivity contribution is -0.276. The highest BCUT2D eigenvalue weighted by molar-refractivity contribution is 5.93. The first-order valence-corrected chi connectivity index (χ1v) is 4.40. The van der Waals surface area contributed by atoms with E-state index in [1.165, 1.54) is 0 Å². The molecular weight excluding hydrogens is 259 g/mol. The van der Waals surface area contributed by atoms with Crippen molar-refractivity contribution in [2.45, 2.75) is 6.36 Å². The molecule has 0 atom stereocenters. The highest BCUT2D eigenvalue weighted by Gasteiger charge is 2.34. The summed E-state index contributed by atoms with van der Waals surface area (Å²) in [4.78, 5) is 14.4. The minimum Gasteiger partial charge on any atom is -0.501 e. The van der Waals surface area contributed by atoms with Gasteiger partial charge in [0.05, 0.1) is 14.2 Å². The molecule has 0 saturated carbocycles. The van der Waals surface area contributed by atoms with Gasteiger partial charge in [-0.05, 0) is 0 Å². The molecule has 0 fully saturated rings. The molecular formula is C9H8F3NO5. The van der Waals surface area contributed by atoms with Crippen LogP contribution in [0.25, 0.3) is 0 Å². The molecule has 100 valence electrons. The monoisotopic (exact) mass is 267 g/mol.